The van der Waals surface area contributed by atoms with Gasteiger partial charge in [0.25, 0.3) is 0 Å². The quantitative estimate of drug-likeness (QED) is 0.385. The molecule has 3 aromatic carbocycles. The lowest BCUT2D eigenvalue weighted by molar-refractivity contribution is 0.475. The maximum atomic E-state index is 14.5. The van der Waals surface area contributed by atoms with Crippen LogP contribution >= 0.6 is 0 Å². The fourth-order valence-electron chi connectivity index (χ4n) is 4.71. The van der Waals surface area contributed by atoms with Crippen LogP contribution in [-0.2, 0) is 12.8 Å². The first kappa shape index (κ1) is 16.4. The summed E-state index contributed by atoms with van der Waals surface area (Å²) in [4.78, 5) is 4.92. The average Bonchev–Trinajstić information content (AvgIpc) is 3.28. The van der Waals surface area contributed by atoms with Gasteiger partial charge in [0.05, 0.1) is 11.4 Å². The van der Waals surface area contributed by atoms with Crippen LogP contribution in [0.4, 0.5) is 8.78 Å². The molecular formula is C25H15F2NO. The number of fused-ring (bicyclic) bond motifs is 6. The Hall–Kier alpha value is -3.53. The Morgan fingerprint density at radius 3 is 1.69 bits per heavy atom. The number of phenols is 1. The van der Waals surface area contributed by atoms with E-state index in [0.717, 1.165) is 44.8 Å². The van der Waals surface area contributed by atoms with Gasteiger partial charge in [-0.25, -0.2) is 13.8 Å². The molecule has 0 radical (unpaired) electrons. The molecule has 1 heterocycles. The molecule has 0 bridgehead atoms. The number of pyridine rings is 1. The van der Waals surface area contributed by atoms with Crippen molar-refractivity contribution in [1.82, 2.24) is 4.98 Å². The van der Waals surface area contributed by atoms with Crippen LogP contribution in [0.15, 0.2) is 60.7 Å². The van der Waals surface area contributed by atoms with Crippen molar-refractivity contribution in [3.05, 3.63) is 94.6 Å². The van der Waals surface area contributed by atoms with E-state index in [9.17, 15) is 13.9 Å². The fourth-order valence-corrected chi connectivity index (χ4v) is 4.71. The Balaban J connectivity index is 1.70. The minimum atomic E-state index is -0.233. The molecule has 4 heteroatoms. The molecule has 2 aliphatic rings. The lowest BCUT2D eigenvalue weighted by atomic mass is 9.92. The lowest BCUT2D eigenvalue weighted by Crippen LogP contribution is -1.98. The van der Waals surface area contributed by atoms with Gasteiger partial charge in [-0.15, -0.1) is 0 Å². The average molecular weight is 383 g/mol. The highest BCUT2D eigenvalue weighted by atomic mass is 19.1. The molecule has 0 unspecified atom stereocenters. The van der Waals surface area contributed by atoms with Crippen molar-refractivity contribution in [1.29, 1.82) is 0 Å². The summed E-state index contributed by atoms with van der Waals surface area (Å²) < 4.78 is 29.0. The van der Waals surface area contributed by atoms with Crippen molar-refractivity contribution >= 4 is 0 Å². The molecule has 0 amide bonds. The van der Waals surface area contributed by atoms with E-state index in [2.05, 4.69) is 0 Å². The molecule has 2 nitrogen and oxygen atoms in total. The number of aromatic nitrogens is 1. The van der Waals surface area contributed by atoms with E-state index in [-0.39, 0.29) is 17.4 Å². The first-order valence-electron chi connectivity index (χ1n) is 9.52. The molecule has 0 saturated heterocycles. The predicted octanol–water partition coefficient (Wildman–Crippen LogP) is 5.87. The van der Waals surface area contributed by atoms with Gasteiger partial charge >= 0.3 is 0 Å². The van der Waals surface area contributed by atoms with Crippen LogP contribution in [0.25, 0.3) is 33.6 Å². The third kappa shape index (κ3) is 2.23. The van der Waals surface area contributed by atoms with Crippen LogP contribution in [0, 0.1) is 11.6 Å². The van der Waals surface area contributed by atoms with Crippen molar-refractivity contribution in [3.63, 3.8) is 0 Å². The van der Waals surface area contributed by atoms with Gasteiger partial charge in [0.2, 0.25) is 0 Å². The van der Waals surface area contributed by atoms with Crippen molar-refractivity contribution in [3.8, 4) is 39.4 Å². The van der Waals surface area contributed by atoms with Gasteiger partial charge in [0, 0.05) is 35.1 Å². The number of benzene rings is 3. The maximum absolute atomic E-state index is 14.5. The summed E-state index contributed by atoms with van der Waals surface area (Å²) in [6.07, 6.45) is 0.902. The molecule has 140 valence electrons. The second kappa shape index (κ2) is 5.74. The Morgan fingerprint density at radius 1 is 0.655 bits per heavy atom. The van der Waals surface area contributed by atoms with Gasteiger partial charge in [0.1, 0.15) is 17.4 Å². The summed E-state index contributed by atoms with van der Waals surface area (Å²) >= 11 is 0. The Labute approximate surface area is 166 Å². The molecule has 29 heavy (non-hydrogen) atoms. The third-order valence-corrected chi connectivity index (χ3v) is 6.01. The summed E-state index contributed by atoms with van der Waals surface area (Å²) in [6, 6.07) is 17.1. The molecule has 2 aliphatic carbocycles. The molecular weight excluding hydrogens is 368 g/mol. The molecule has 1 aromatic heterocycles. The number of hydrogen-bond acceptors (Lipinski definition) is 2. The zero-order valence-corrected chi connectivity index (χ0v) is 15.3. The Morgan fingerprint density at radius 2 is 1.17 bits per heavy atom. The molecule has 0 saturated carbocycles. The highest BCUT2D eigenvalue weighted by molar-refractivity contribution is 5.91. The Kier molecular flexibility index (Phi) is 3.25. The lowest BCUT2D eigenvalue weighted by Gasteiger charge is -2.15. The molecule has 0 fully saturated rings. The molecule has 4 aromatic rings. The highest BCUT2D eigenvalue weighted by Crippen LogP contribution is 2.49. The predicted molar refractivity (Wildman–Crippen MR) is 108 cm³/mol. The summed E-state index contributed by atoms with van der Waals surface area (Å²) in [7, 11) is 0. The van der Waals surface area contributed by atoms with E-state index >= 15 is 0 Å². The molecule has 6 rings (SSSR count). The molecule has 0 spiro atoms. The second-order valence-corrected chi connectivity index (χ2v) is 7.57. The standard InChI is InChI=1S/C25H15F2NO/c26-21-5-1-3-15-17(21)11-19-23(13-7-9-14(29)10-8-13)20-12-18-16(4-2-6-22(18)27)25(20)28-24(15)19/h1-10,29H,11-12H2. The van der Waals surface area contributed by atoms with E-state index in [0.29, 0.717) is 24.0 Å². The van der Waals surface area contributed by atoms with E-state index in [1.165, 1.54) is 12.1 Å². The van der Waals surface area contributed by atoms with Gasteiger partial charge in [-0.2, -0.15) is 0 Å². The van der Waals surface area contributed by atoms with E-state index < -0.39 is 0 Å². The van der Waals surface area contributed by atoms with Crippen LogP contribution in [0.5, 0.6) is 5.75 Å². The summed E-state index contributed by atoms with van der Waals surface area (Å²) in [5.41, 5.74) is 8.23. The number of aromatic hydroxyl groups is 1. The van der Waals surface area contributed by atoms with Crippen LogP contribution in [-0.4, -0.2) is 10.1 Å². The number of nitrogens with zero attached hydrogens (tertiary/aromatic N) is 1. The van der Waals surface area contributed by atoms with Gasteiger partial charge in [0.15, 0.2) is 0 Å². The maximum Gasteiger partial charge on any atom is 0.127 e. The minimum absolute atomic E-state index is 0.180. The van der Waals surface area contributed by atoms with Crippen molar-refractivity contribution in [2.24, 2.45) is 0 Å². The van der Waals surface area contributed by atoms with Crippen LogP contribution < -0.4 is 0 Å². The van der Waals surface area contributed by atoms with Crippen LogP contribution in [0.2, 0.25) is 0 Å². The topological polar surface area (TPSA) is 33.1 Å². The van der Waals surface area contributed by atoms with Crippen molar-refractivity contribution in [2.75, 3.05) is 0 Å². The Bertz CT molecular complexity index is 1250. The molecule has 0 aliphatic heterocycles. The zero-order chi connectivity index (χ0) is 19.7. The monoisotopic (exact) mass is 383 g/mol. The number of rotatable bonds is 1. The van der Waals surface area contributed by atoms with Crippen molar-refractivity contribution in [2.45, 2.75) is 12.8 Å². The normalized spacial score (nSPS) is 13.0. The minimum Gasteiger partial charge on any atom is -0.508 e. The highest BCUT2D eigenvalue weighted by Gasteiger charge is 2.33. The first-order chi connectivity index (χ1) is 14.1. The summed E-state index contributed by atoms with van der Waals surface area (Å²) in [6.45, 7) is 0. The van der Waals surface area contributed by atoms with E-state index in [4.69, 9.17) is 4.98 Å². The fraction of sp³-hybridized carbons (Fsp3) is 0.0800. The number of phenolic OH excluding ortho intramolecular Hbond substituents is 1. The van der Waals surface area contributed by atoms with Gasteiger partial charge in [-0.1, -0.05) is 36.4 Å². The first-order valence-corrected chi connectivity index (χ1v) is 9.52. The third-order valence-electron chi connectivity index (χ3n) is 6.01. The largest absolute Gasteiger partial charge is 0.508 e. The van der Waals surface area contributed by atoms with E-state index in [1.807, 2.05) is 24.3 Å². The van der Waals surface area contributed by atoms with Gasteiger partial charge < -0.3 is 5.11 Å². The van der Waals surface area contributed by atoms with E-state index in [1.54, 1.807) is 24.3 Å². The van der Waals surface area contributed by atoms with Crippen molar-refractivity contribution < 1.29 is 13.9 Å². The van der Waals surface area contributed by atoms with Crippen LogP contribution in [0.1, 0.15) is 22.3 Å². The summed E-state index contributed by atoms with van der Waals surface area (Å²) in [5.74, 6) is -0.285. The number of halogens is 2. The van der Waals surface area contributed by atoms with Crippen LogP contribution in [0.3, 0.4) is 0 Å². The zero-order valence-electron chi connectivity index (χ0n) is 15.3. The molecule has 1 N–H and O–H groups in total. The SMILES string of the molecule is Oc1ccc(-c2c3c(nc4c2Cc2c(F)cccc2-4)-c2cccc(F)c2C3)cc1. The van der Waals surface area contributed by atoms with Gasteiger partial charge in [-0.3, -0.25) is 0 Å². The molecule has 0 atom stereocenters. The number of hydrogen-bond donors (Lipinski definition) is 1. The summed E-state index contributed by atoms with van der Waals surface area (Å²) in [5, 5.41) is 9.74. The smallest absolute Gasteiger partial charge is 0.127 e. The second-order valence-electron chi connectivity index (χ2n) is 7.57. The van der Waals surface area contributed by atoms with Gasteiger partial charge in [-0.05, 0) is 46.5 Å².